The molecule has 2 heterocycles. The molecule has 0 amide bonds. The molecule has 0 saturated carbocycles. The molecule has 0 unspecified atom stereocenters. The highest BCUT2D eigenvalue weighted by Gasteiger charge is 2.15. The van der Waals surface area contributed by atoms with Gasteiger partial charge in [-0.05, 0) is 20.3 Å². The van der Waals surface area contributed by atoms with Gasteiger partial charge in [0.05, 0.1) is 11.8 Å². The zero-order chi connectivity index (χ0) is 17.0. The predicted molar refractivity (Wildman–Crippen MR) is 100 cm³/mol. The van der Waals surface area contributed by atoms with Crippen LogP contribution in [-0.2, 0) is 0 Å². The van der Waals surface area contributed by atoms with E-state index in [9.17, 15) is 5.11 Å². The van der Waals surface area contributed by atoms with Gasteiger partial charge in [-0.25, -0.2) is 15.0 Å². The third kappa shape index (κ3) is 5.31. The van der Waals surface area contributed by atoms with E-state index in [-0.39, 0.29) is 12.4 Å². The lowest BCUT2D eigenvalue weighted by atomic mass is 10.1. The number of halogens is 1. The third-order valence-electron chi connectivity index (χ3n) is 3.06. The molecule has 0 fully saturated rings. The molecule has 24 heavy (non-hydrogen) atoms. The maximum absolute atomic E-state index is 9.79. The van der Waals surface area contributed by atoms with Crippen LogP contribution in [0.25, 0.3) is 11.0 Å². The highest BCUT2D eigenvalue weighted by atomic mass is 35.5. The predicted octanol–water partition coefficient (Wildman–Crippen LogP) is 1.91. The van der Waals surface area contributed by atoms with E-state index in [1.54, 1.807) is 20.0 Å². The van der Waals surface area contributed by atoms with Crippen LogP contribution >= 0.6 is 12.4 Å². The summed E-state index contributed by atoms with van der Waals surface area (Å²) < 4.78 is 0. The fraction of sp³-hybridized carbons (Fsp3) is 0.600. The van der Waals surface area contributed by atoms with Crippen molar-refractivity contribution in [3.63, 3.8) is 0 Å². The molecule has 0 aromatic carbocycles. The van der Waals surface area contributed by atoms with Crippen LogP contribution in [0.1, 0.15) is 27.2 Å². The average Bonchev–Trinajstić information content (AvgIpc) is 2.49. The Balaban J connectivity index is 0.00000288. The molecule has 0 aliphatic rings. The van der Waals surface area contributed by atoms with Gasteiger partial charge >= 0.3 is 0 Å². The summed E-state index contributed by atoms with van der Waals surface area (Å²) in [6.45, 7) is 6.70. The van der Waals surface area contributed by atoms with Crippen LogP contribution in [-0.4, -0.2) is 57.8 Å². The SMILES string of the molecule is CCCNc1nc(N(C)C)c2nc(NCC(C)(C)O)ncc2n1.Cl. The summed E-state index contributed by atoms with van der Waals surface area (Å²) in [6.07, 6.45) is 2.66. The normalized spacial score (nSPS) is 11.1. The van der Waals surface area contributed by atoms with E-state index >= 15 is 0 Å². The van der Waals surface area contributed by atoms with Crippen molar-refractivity contribution in [2.24, 2.45) is 0 Å². The zero-order valence-corrected chi connectivity index (χ0v) is 15.6. The van der Waals surface area contributed by atoms with Gasteiger partial charge in [0.2, 0.25) is 11.9 Å². The molecule has 9 heteroatoms. The van der Waals surface area contributed by atoms with Crippen molar-refractivity contribution in [3.05, 3.63) is 6.20 Å². The molecule has 2 aromatic rings. The Morgan fingerprint density at radius 3 is 2.42 bits per heavy atom. The molecule has 2 rings (SSSR count). The molecular formula is C15H26ClN7O. The van der Waals surface area contributed by atoms with E-state index in [1.165, 1.54) is 0 Å². The zero-order valence-electron chi connectivity index (χ0n) is 14.8. The van der Waals surface area contributed by atoms with Crippen molar-refractivity contribution in [1.29, 1.82) is 0 Å². The van der Waals surface area contributed by atoms with Gasteiger partial charge in [-0.1, -0.05) is 6.92 Å². The van der Waals surface area contributed by atoms with Gasteiger partial charge in [0.15, 0.2) is 5.82 Å². The summed E-state index contributed by atoms with van der Waals surface area (Å²) >= 11 is 0. The Morgan fingerprint density at radius 2 is 1.83 bits per heavy atom. The number of aromatic nitrogens is 4. The fourth-order valence-electron chi connectivity index (χ4n) is 1.92. The van der Waals surface area contributed by atoms with Crippen LogP contribution in [0.2, 0.25) is 0 Å². The summed E-state index contributed by atoms with van der Waals surface area (Å²) in [6, 6.07) is 0. The number of hydrogen-bond acceptors (Lipinski definition) is 8. The van der Waals surface area contributed by atoms with E-state index in [2.05, 4.69) is 37.5 Å². The minimum absolute atomic E-state index is 0. The van der Waals surface area contributed by atoms with Crippen LogP contribution < -0.4 is 15.5 Å². The molecule has 0 radical (unpaired) electrons. The van der Waals surface area contributed by atoms with Crippen LogP contribution in [0.15, 0.2) is 6.20 Å². The van der Waals surface area contributed by atoms with E-state index in [0.717, 1.165) is 18.8 Å². The Labute approximate surface area is 148 Å². The van der Waals surface area contributed by atoms with Gasteiger partial charge in [-0.15, -0.1) is 12.4 Å². The van der Waals surface area contributed by atoms with E-state index in [4.69, 9.17) is 0 Å². The van der Waals surface area contributed by atoms with Gasteiger partial charge in [0.25, 0.3) is 0 Å². The van der Waals surface area contributed by atoms with Crippen molar-refractivity contribution < 1.29 is 5.11 Å². The smallest absolute Gasteiger partial charge is 0.225 e. The molecule has 0 bridgehead atoms. The maximum Gasteiger partial charge on any atom is 0.225 e. The lowest BCUT2D eigenvalue weighted by molar-refractivity contribution is 0.0943. The quantitative estimate of drug-likeness (QED) is 0.692. The number of rotatable bonds is 7. The Hall–Kier alpha value is -1.93. The second-order valence-corrected chi connectivity index (χ2v) is 6.29. The first-order chi connectivity index (χ1) is 10.8. The van der Waals surface area contributed by atoms with Gasteiger partial charge in [0.1, 0.15) is 11.0 Å². The number of anilines is 3. The Bertz CT molecular complexity index is 673. The first-order valence-corrected chi connectivity index (χ1v) is 7.72. The third-order valence-corrected chi connectivity index (χ3v) is 3.06. The lowest BCUT2D eigenvalue weighted by Gasteiger charge is -2.18. The monoisotopic (exact) mass is 355 g/mol. The van der Waals surface area contributed by atoms with Crippen molar-refractivity contribution in [3.8, 4) is 0 Å². The van der Waals surface area contributed by atoms with Crippen molar-refractivity contribution in [2.45, 2.75) is 32.8 Å². The molecule has 8 nitrogen and oxygen atoms in total. The number of nitrogens with one attached hydrogen (secondary N) is 2. The lowest BCUT2D eigenvalue weighted by Crippen LogP contribution is -2.30. The topological polar surface area (TPSA) is 99.1 Å². The number of fused-ring (bicyclic) bond motifs is 1. The summed E-state index contributed by atoms with van der Waals surface area (Å²) in [5, 5.41) is 16.0. The first-order valence-electron chi connectivity index (χ1n) is 7.72. The van der Waals surface area contributed by atoms with E-state index in [0.29, 0.717) is 29.5 Å². The first kappa shape index (κ1) is 20.1. The minimum Gasteiger partial charge on any atom is -0.389 e. The van der Waals surface area contributed by atoms with Crippen LogP contribution in [0.5, 0.6) is 0 Å². The second-order valence-electron chi connectivity index (χ2n) is 6.29. The highest BCUT2D eigenvalue weighted by Crippen LogP contribution is 2.22. The van der Waals surface area contributed by atoms with Crippen LogP contribution in [0.3, 0.4) is 0 Å². The van der Waals surface area contributed by atoms with Gasteiger partial charge < -0.3 is 20.6 Å². The molecule has 0 saturated heterocycles. The summed E-state index contributed by atoms with van der Waals surface area (Å²) in [4.78, 5) is 19.6. The Kier molecular flexibility index (Phi) is 6.92. The molecule has 2 aromatic heterocycles. The minimum atomic E-state index is -0.840. The van der Waals surface area contributed by atoms with Crippen molar-refractivity contribution in [2.75, 3.05) is 42.7 Å². The molecule has 3 N–H and O–H groups in total. The fourth-order valence-corrected chi connectivity index (χ4v) is 1.92. The van der Waals surface area contributed by atoms with Gasteiger partial charge in [-0.2, -0.15) is 4.98 Å². The van der Waals surface area contributed by atoms with Crippen molar-refractivity contribution in [1.82, 2.24) is 19.9 Å². The van der Waals surface area contributed by atoms with Crippen LogP contribution in [0.4, 0.5) is 17.7 Å². The van der Waals surface area contributed by atoms with Gasteiger partial charge in [-0.3, -0.25) is 0 Å². The van der Waals surface area contributed by atoms with Gasteiger partial charge in [0, 0.05) is 27.2 Å². The molecule has 0 atom stereocenters. The molecule has 0 spiro atoms. The largest absolute Gasteiger partial charge is 0.389 e. The molecule has 0 aliphatic carbocycles. The summed E-state index contributed by atoms with van der Waals surface area (Å²) in [5.41, 5.74) is 0.508. The second kappa shape index (κ2) is 8.25. The van der Waals surface area contributed by atoms with E-state index < -0.39 is 5.60 Å². The molecule has 0 aliphatic heterocycles. The molecular weight excluding hydrogens is 330 g/mol. The van der Waals surface area contributed by atoms with E-state index in [1.807, 2.05) is 19.0 Å². The van der Waals surface area contributed by atoms with Crippen molar-refractivity contribution >= 4 is 41.2 Å². The molecule has 134 valence electrons. The number of nitrogens with zero attached hydrogens (tertiary/aromatic N) is 5. The standard InChI is InChI=1S/C15H25N7O.ClH/c1-6-7-16-14-19-10-8-17-13(18-9-15(2,3)23)20-11(10)12(21-14)22(4)5;/h8,23H,6-7,9H2,1-5H3,(H,16,19,21)(H,17,18,20);1H. The average molecular weight is 356 g/mol. The highest BCUT2D eigenvalue weighted by molar-refractivity contribution is 5.86. The van der Waals surface area contributed by atoms with Crippen LogP contribution in [0, 0.1) is 0 Å². The summed E-state index contributed by atoms with van der Waals surface area (Å²) in [5.74, 6) is 1.74. The number of aliphatic hydroxyl groups is 1. The number of hydrogen-bond donors (Lipinski definition) is 3. The maximum atomic E-state index is 9.79. The Morgan fingerprint density at radius 1 is 1.12 bits per heavy atom. The summed E-state index contributed by atoms with van der Waals surface area (Å²) in [7, 11) is 3.83.